The van der Waals surface area contributed by atoms with Crippen molar-refractivity contribution in [2.75, 3.05) is 0 Å². The zero-order valence-electron chi connectivity index (χ0n) is 23.9. The van der Waals surface area contributed by atoms with Crippen molar-refractivity contribution in [2.45, 2.75) is 38.9 Å². The molecular formula is C36H28BNO4. The van der Waals surface area contributed by atoms with Crippen molar-refractivity contribution in [2.24, 2.45) is 0 Å². The van der Waals surface area contributed by atoms with E-state index in [2.05, 4.69) is 117 Å². The van der Waals surface area contributed by atoms with Crippen LogP contribution < -0.4 is 5.46 Å². The average Bonchev–Trinajstić information content (AvgIpc) is 3.68. The number of benzene rings is 5. The third-order valence-electron chi connectivity index (χ3n) is 9.43. The first-order chi connectivity index (χ1) is 20.3. The standard InChI is InChI=1S/C36H28BNO4/c1-35(2)36(3,4)42-37(41-35)21-13-15-25-27-18-22(14-16-32(27)40-33(25)17-21)38-29-11-7-5-9-23(29)26-19-28-24-10-6-8-12-31(24)39-34(28)20-30(26)38/h5-20H,1-4H3. The first-order valence-electron chi connectivity index (χ1n) is 14.4. The second-order valence-electron chi connectivity index (χ2n) is 12.4. The van der Waals surface area contributed by atoms with E-state index in [4.69, 9.17) is 18.1 Å². The van der Waals surface area contributed by atoms with E-state index in [0.717, 1.165) is 66.1 Å². The van der Waals surface area contributed by atoms with Gasteiger partial charge in [0, 0.05) is 44.1 Å². The summed E-state index contributed by atoms with van der Waals surface area (Å²) in [7, 11) is -0.434. The molecule has 0 amide bonds. The fraction of sp³-hybridized carbons (Fsp3) is 0.167. The molecule has 204 valence electrons. The molecule has 0 bridgehead atoms. The minimum Gasteiger partial charge on any atom is -0.456 e. The Labute approximate surface area is 242 Å². The summed E-state index contributed by atoms with van der Waals surface area (Å²) in [6.45, 7) is 8.29. The summed E-state index contributed by atoms with van der Waals surface area (Å²) in [5.74, 6) is 0. The maximum absolute atomic E-state index is 6.36. The molecule has 1 aliphatic heterocycles. The van der Waals surface area contributed by atoms with E-state index >= 15 is 0 Å². The number of fused-ring (bicyclic) bond motifs is 9. The van der Waals surface area contributed by atoms with Gasteiger partial charge in [-0.25, -0.2) is 0 Å². The Bertz CT molecular complexity index is 2370. The fourth-order valence-electron chi connectivity index (χ4n) is 6.51. The maximum atomic E-state index is 6.36. The topological polar surface area (TPSA) is 49.7 Å². The lowest BCUT2D eigenvalue weighted by atomic mass is 9.79. The van der Waals surface area contributed by atoms with Crippen molar-refractivity contribution < 1.29 is 18.1 Å². The Morgan fingerprint density at radius 2 is 1.14 bits per heavy atom. The van der Waals surface area contributed by atoms with Crippen LogP contribution in [0.15, 0.2) is 106 Å². The molecule has 0 aliphatic carbocycles. The molecule has 0 radical (unpaired) electrons. The first-order valence-corrected chi connectivity index (χ1v) is 14.4. The van der Waals surface area contributed by atoms with Gasteiger partial charge in [-0.2, -0.15) is 0 Å². The molecule has 1 saturated heterocycles. The van der Waals surface area contributed by atoms with Gasteiger partial charge in [-0.15, -0.1) is 0 Å². The van der Waals surface area contributed by atoms with E-state index in [0.29, 0.717) is 0 Å². The molecule has 9 rings (SSSR count). The van der Waals surface area contributed by atoms with Gasteiger partial charge in [0.25, 0.3) is 0 Å². The second-order valence-corrected chi connectivity index (χ2v) is 12.4. The predicted octanol–water partition coefficient (Wildman–Crippen LogP) is 8.88. The van der Waals surface area contributed by atoms with Crippen LogP contribution in [0.1, 0.15) is 27.7 Å². The lowest BCUT2D eigenvalue weighted by Gasteiger charge is -2.32. The third kappa shape index (κ3) is 3.22. The fourth-order valence-corrected chi connectivity index (χ4v) is 6.51. The predicted molar refractivity (Wildman–Crippen MR) is 171 cm³/mol. The summed E-state index contributed by atoms with van der Waals surface area (Å²) in [6, 6.07) is 34.0. The number of hydrogen-bond acceptors (Lipinski definition) is 4. The average molecular weight is 549 g/mol. The summed E-state index contributed by atoms with van der Waals surface area (Å²) in [5, 5.41) is 6.82. The number of hydrogen-bond donors (Lipinski definition) is 0. The first kappa shape index (κ1) is 24.1. The highest BCUT2D eigenvalue weighted by molar-refractivity contribution is 6.62. The number of rotatable bonds is 2. The molecule has 1 aliphatic rings. The lowest BCUT2D eigenvalue weighted by Crippen LogP contribution is -2.41. The van der Waals surface area contributed by atoms with E-state index in [1.54, 1.807) is 0 Å². The van der Waals surface area contributed by atoms with E-state index < -0.39 is 18.3 Å². The summed E-state index contributed by atoms with van der Waals surface area (Å²) < 4.78 is 27.6. The van der Waals surface area contributed by atoms with Gasteiger partial charge in [0.15, 0.2) is 0 Å². The van der Waals surface area contributed by atoms with Crippen molar-refractivity contribution in [1.29, 1.82) is 0 Å². The van der Waals surface area contributed by atoms with Crippen LogP contribution in [0.25, 0.3) is 71.4 Å². The molecule has 0 N–H and O–H groups in total. The SMILES string of the molecule is CC1(C)OB(c2ccc3c(c2)oc2ccc(-n4c5ccccc5c5cc6c(cc54)oc4ccccc46)cc23)OC1(C)C. The molecule has 4 heterocycles. The highest BCUT2D eigenvalue weighted by Gasteiger charge is 2.51. The van der Waals surface area contributed by atoms with Crippen molar-refractivity contribution in [3.05, 3.63) is 97.1 Å². The Morgan fingerprint density at radius 1 is 0.500 bits per heavy atom. The van der Waals surface area contributed by atoms with Gasteiger partial charge in [0.2, 0.25) is 0 Å². The molecule has 42 heavy (non-hydrogen) atoms. The summed E-state index contributed by atoms with van der Waals surface area (Å²) in [4.78, 5) is 0. The molecule has 0 unspecified atom stereocenters. The molecule has 0 spiro atoms. The van der Waals surface area contributed by atoms with Gasteiger partial charge in [-0.1, -0.05) is 48.5 Å². The van der Waals surface area contributed by atoms with Gasteiger partial charge < -0.3 is 22.7 Å². The summed E-state index contributed by atoms with van der Waals surface area (Å²) in [5.41, 5.74) is 6.95. The molecule has 6 heteroatoms. The van der Waals surface area contributed by atoms with Crippen LogP contribution in [0, 0.1) is 0 Å². The third-order valence-corrected chi connectivity index (χ3v) is 9.43. The van der Waals surface area contributed by atoms with E-state index in [9.17, 15) is 0 Å². The highest BCUT2D eigenvalue weighted by atomic mass is 16.7. The second kappa shape index (κ2) is 8.06. The normalized spacial score (nSPS) is 16.7. The Kier molecular flexibility index (Phi) is 4.63. The molecule has 5 nitrogen and oxygen atoms in total. The Balaban J connectivity index is 1.23. The van der Waals surface area contributed by atoms with Crippen LogP contribution in [-0.2, 0) is 9.31 Å². The van der Waals surface area contributed by atoms with Crippen LogP contribution in [0.4, 0.5) is 0 Å². The minimum atomic E-state index is -0.434. The number of nitrogens with zero attached hydrogens (tertiary/aromatic N) is 1. The van der Waals surface area contributed by atoms with Crippen molar-refractivity contribution in [1.82, 2.24) is 4.57 Å². The van der Waals surface area contributed by atoms with Crippen molar-refractivity contribution >= 4 is 78.3 Å². The smallest absolute Gasteiger partial charge is 0.456 e. The zero-order valence-corrected chi connectivity index (χ0v) is 23.9. The quantitative estimate of drug-likeness (QED) is 0.202. The molecule has 1 fully saturated rings. The molecular weight excluding hydrogens is 521 g/mol. The largest absolute Gasteiger partial charge is 0.494 e. The highest BCUT2D eigenvalue weighted by Crippen LogP contribution is 2.40. The van der Waals surface area contributed by atoms with Gasteiger partial charge in [0.1, 0.15) is 22.3 Å². The zero-order chi connectivity index (χ0) is 28.4. The Morgan fingerprint density at radius 3 is 1.95 bits per heavy atom. The van der Waals surface area contributed by atoms with Crippen LogP contribution in [0.2, 0.25) is 0 Å². The number of furan rings is 2. The molecule has 0 atom stereocenters. The maximum Gasteiger partial charge on any atom is 0.494 e. The number of para-hydroxylation sites is 2. The minimum absolute atomic E-state index is 0.397. The summed E-state index contributed by atoms with van der Waals surface area (Å²) >= 11 is 0. The molecule has 8 aromatic rings. The van der Waals surface area contributed by atoms with E-state index in [1.807, 2.05) is 12.1 Å². The van der Waals surface area contributed by atoms with Crippen molar-refractivity contribution in [3.63, 3.8) is 0 Å². The van der Waals surface area contributed by atoms with Gasteiger partial charge in [-0.05, 0) is 75.6 Å². The monoisotopic (exact) mass is 549 g/mol. The van der Waals surface area contributed by atoms with Crippen LogP contribution in [0.3, 0.4) is 0 Å². The molecule has 3 aromatic heterocycles. The van der Waals surface area contributed by atoms with Crippen LogP contribution in [0.5, 0.6) is 0 Å². The van der Waals surface area contributed by atoms with Gasteiger partial charge in [0.05, 0.1) is 22.2 Å². The van der Waals surface area contributed by atoms with E-state index in [1.165, 1.54) is 10.8 Å². The van der Waals surface area contributed by atoms with Crippen LogP contribution in [-0.4, -0.2) is 22.9 Å². The van der Waals surface area contributed by atoms with E-state index in [-0.39, 0.29) is 0 Å². The lowest BCUT2D eigenvalue weighted by molar-refractivity contribution is 0.00578. The van der Waals surface area contributed by atoms with Crippen molar-refractivity contribution in [3.8, 4) is 5.69 Å². The van der Waals surface area contributed by atoms with Gasteiger partial charge in [-0.3, -0.25) is 0 Å². The van der Waals surface area contributed by atoms with Gasteiger partial charge >= 0.3 is 7.12 Å². The Hall–Kier alpha value is -4.52. The van der Waals surface area contributed by atoms with Crippen LogP contribution >= 0.6 is 0 Å². The molecule has 5 aromatic carbocycles. The number of aromatic nitrogens is 1. The molecule has 0 saturated carbocycles. The summed E-state index contributed by atoms with van der Waals surface area (Å²) in [6.07, 6.45) is 0.